The van der Waals surface area contributed by atoms with Crippen LogP contribution in [-0.4, -0.2) is 52.9 Å². The fraction of sp³-hybridized carbons (Fsp3) is 0.300. The Hall–Kier alpha value is -3.63. The van der Waals surface area contributed by atoms with E-state index in [0.29, 0.717) is 30.8 Å². The highest BCUT2D eigenvalue weighted by molar-refractivity contribution is 5.99. The molecule has 1 aliphatic heterocycles. The Balaban J connectivity index is 1.62. The highest BCUT2D eigenvalue weighted by Gasteiger charge is 2.35. The third-order valence-corrected chi connectivity index (χ3v) is 4.72. The average Bonchev–Trinajstić information content (AvgIpc) is 3.21. The molecule has 1 saturated heterocycles. The Labute approximate surface area is 176 Å². The predicted molar refractivity (Wildman–Crippen MR) is 110 cm³/mol. The Bertz CT molecular complexity index is 978. The molecule has 0 spiro atoms. The second-order valence-electron chi connectivity index (χ2n) is 6.86. The van der Waals surface area contributed by atoms with Gasteiger partial charge in [-0.2, -0.15) is 18.2 Å². The minimum absolute atomic E-state index is 0.0546. The summed E-state index contributed by atoms with van der Waals surface area (Å²) in [7, 11) is 1.35. The van der Waals surface area contributed by atoms with Crippen molar-refractivity contribution in [1.29, 1.82) is 0 Å². The van der Waals surface area contributed by atoms with Crippen LogP contribution < -0.4 is 16.0 Å². The van der Waals surface area contributed by atoms with Crippen LogP contribution in [-0.2, 0) is 11.0 Å². The summed E-state index contributed by atoms with van der Waals surface area (Å²) in [5.74, 6) is -0.798. The van der Waals surface area contributed by atoms with Gasteiger partial charge in [0.1, 0.15) is 11.4 Å². The highest BCUT2D eigenvalue weighted by atomic mass is 19.4. The fourth-order valence-corrected chi connectivity index (χ4v) is 3.17. The molecule has 1 fully saturated rings. The summed E-state index contributed by atoms with van der Waals surface area (Å²) in [4.78, 5) is 33.3. The molecule has 0 bridgehead atoms. The number of carbonyl (C=O) groups excluding carboxylic acids is 2. The van der Waals surface area contributed by atoms with E-state index in [-0.39, 0.29) is 29.6 Å². The summed E-state index contributed by atoms with van der Waals surface area (Å²) in [5, 5.41) is 8.02. The first-order valence-electron chi connectivity index (χ1n) is 9.42. The lowest BCUT2D eigenvalue weighted by Gasteiger charge is -2.18. The summed E-state index contributed by atoms with van der Waals surface area (Å²) in [6.07, 6.45) is -2.09. The first-order valence-corrected chi connectivity index (χ1v) is 9.42. The molecule has 2 aromatic rings. The number of hydrogen-bond acceptors (Lipinski definition) is 6. The van der Waals surface area contributed by atoms with Crippen molar-refractivity contribution in [2.75, 3.05) is 36.1 Å². The van der Waals surface area contributed by atoms with Crippen LogP contribution in [0.3, 0.4) is 0 Å². The monoisotopic (exact) mass is 434 g/mol. The van der Waals surface area contributed by atoms with E-state index in [4.69, 9.17) is 0 Å². The number of carbonyl (C=O) groups is 2. The number of amides is 2. The van der Waals surface area contributed by atoms with Gasteiger partial charge in [0.15, 0.2) is 0 Å². The number of nitrogens with zero attached hydrogens (tertiary/aromatic N) is 3. The Kier molecular flexibility index (Phi) is 6.42. The second-order valence-corrected chi connectivity index (χ2v) is 6.86. The molecule has 1 aromatic carbocycles. The number of nitrogens with one attached hydrogen (secondary N) is 3. The molecule has 3 rings (SSSR count). The standard InChI is InChI=1S/C20H21F3N6O2/c1-3-16(30)26-13-6-4-12(5-7-13)18(31)29-9-8-14(11-29)27-19-25-10-15(20(21,22)23)17(24-2)28-19/h3-7,10,14H,1,8-9,11H2,2H3,(H,26,30)(H2,24,25,27,28)/t14-/m1/s1. The van der Waals surface area contributed by atoms with Crippen molar-refractivity contribution in [2.24, 2.45) is 0 Å². The van der Waals surface area contributed by atoms with E-state index in [9.17, 15) is 22.8 Å². The third kappa shape index (κ3) is 5.30. The van der Waals surface area contributed by atoms with Crippen molar-refractivity contribution in [3.63, 3.8) is 0 Å². The Morgan fingerprint density at radius 2 is 1.97 bits per heavy atom. The molecule has 2 amide bonds. The summed E-state index contributed by atoms with van der Waals surface area (Å²) < 4.78 is 38.9. The quantitative estimate of drug-likeness (QED) is 0.605. The number of aromatic nitrogens is 2. The maximum atomic E-state index is 13.0. The molecule has 164 valence electrons. The van der Waals surface area contributed by atoms with E-state index >= 15 is 0 Å². The van der Waals surface area contributed by atoms with Crippen molar-refractivity contribution in [1.82, 2.24) is 14.9 Å². The molecule has 0 aliphatic carbocycles. The molecule has 8 nitrogen and oxygen atoms in total. The van der Waals surface area contributed by atoms with Gasteiger partial charge in [0.25, 0.3) is 5.91 Å². The zero-order valence-electron chi connectivity index (χ0n) is 16.7. The first kappa shape index (κ1) is 22.1. The lowest BCUT2D eigenvalue weighted by atomic mass is 10.2. The summed E-state index contributed by atoms with van der Waals surface area (Å²) in [6, 6.07) is 6.27. The summed E-state index contributed by atoms with van der Waals surface area (Å²) in [5.41, 5.74) is 0.0548. The largest absolute Gasteiger partial charge is 0.421 e. The Morgan fingerprint density at radius 3 is 2.58 bits per heavy atom. The minimum atomic E-state index is -4.56. The molecule has 1 atom stereocenters. The number of alkyl halides is 3. The van der Waals surface area contributed by atoms with Crippen molar-refractivity contribution >= 4 is 29.3 Å². The van der Waals surface area contributed by atoms with Crippen LogP contribution in [0.2, 0.25) is 0 Å². The average molecular weight is 434 g/mol. The van der Waals surface area contributed by atoms with Gasteiger partial charge in [0.2, 0.25) is 11.9 Å². The van der Waals surface area contributed by atoms with Crippen molar-refractivity contribution in [3.8, 4) is 0 Å². The SMILES string of the molecule is C=CC(=O)Nc1ccc(C(=O)N2CC[C@@H](Nc3ncc(C(F)(F)F)c(NC)n3)C2)cc1. The molecular weight excluding hydrogens is 413 g/mol. The third-order valence-electron chi connectivity index (χ3n) is 4.72. The van der Waals surface area contributed by atoms with Crippen molar-refractivity contribution in [2.45, 2.75) is 18.6 Å². The van der Waals surface area contributed by atoms with Gasteiger partial charge in [0, 0.05) is 43.6 Å². The normalized spacial score (nSPS) is 16.0. The van der Waals surface area contributed by atoms with Gasteiger partial charge in [-0.05, 0) is 36.8 Å². The van der Waals surface area contributed by atoms with Crippen LogP contribution in [0.5, 0.6) is 0 Å². The number of rotatable bonds is 6. The first-order chi connectivity index (χ1) is 14.7. The maximum Gasteiger partial charge on any atom is 0.421 e. The topological polar surface area (TPSA) is 99.3 Å². The molecule has 0 radical (unpaired) electrons. The summed E-state index contributed by atoms with van der Waals surface area (Å²) in [6.45, 7) is 4.21. The Morgan fingerprint density at radius 1 is 1.26 bits per heavy atom. The zero-order valence-corrected chi connectivity index (χ0v) is 16.7. The van der Waals surface area contributed by atoms with Crippen LogP contribution in [0.25, 0.3) is 0 Å². The number of halogens is 3. The number of benzene rings is 1. The number of likely N-dealkylation sites (tertiary alicyclic amines) is 1. The molecule has 11 heteroatoms. The summed E-state index contributed by atoms with van der Waals surface area (Å²) >= 11 is 0. The van der Waals surface area contributed by atoms with Crippen LogP contribution in [0.15, 0.2) is 43.1 Å². The van der Waals surface area contributed by atoms with Crippen LogP contribution in [0.1, 0.15) is 22.3 Å². The number of hydrogen-bond donors (Lipinski definition) is 3. The van der Waals surface area contributed by atoms with Gasteiger partial charge in [0.05, 0.1) is 0 Å². The maximum absolute atomic E-state index is 13.0. The van der Waals surface area contributed by atoms with Crippen molar-refractivity contribution in [3.05, 3.63) is 54.2 Å². The molecule has 2 heterocycles. The van der Waals surface area contributed by atoms with Gasteiger partial charge >= 0.3 is 6.18 Å². The van der Waals surface area contributed by atoms with E-state index in [1.54, 1.807) is 29.2 Å². The van der Waals surface area contributed by atoms with Crippen LogP contribution in [0, 0.1) is 0 Å². The van der Waals surface area contributed by atoms with Gasteiger partial charge in [-0.15, -0.1) is 0 Å². The fourth-order valence-electron chi connectivity index (χ4n) is 3.17. The lowest BCUT2D eigenvalue weighted by Crippen LogP contribution is -2.32. The van der Waals surface area contributed by atoms with E-state index in [1.165, 1.54) is 7.05 Å². The number of anilines is 3. The van der Waals surface area contributed by atoms with Crippen LogP contribution >= 0.6 is 0 Å². The molecule has 31 heavy (non-hydrogen) atoms. The zero-order chi connectivity index (χ0) is 22.6. The van der Waals surface area contributed by atoms with Gasteiger partial charge in [-0.25, -0.2) is 4.98 Å². The molecule has 3 N–H and O–H groups in total. The van der Waals surface area contributed by atoms with E-state index in [0.717, 1.165) is 12.3 Å². The lowest BCUT2D eigenvalue weighted by molar-refractivity contribution is -0.137. The van der Waals surface area contributed by atoms with Gasteiger partial charge < -0.3 is 20.9 Å². The van der Waals surface area contributed by atoms with Gasteiger partial charge in [-0.3, -0.25) is 9.59 Å². The highest BCUT2D eigenvalue weighted by Crippen LogP contribution is 2.33. The van der Waals surface area contributed by atoms with E-state index in [1.807, 2.05) is 0 Å². The van der Waals surface area contributed by atoms with E-state index < -0.39 is 11.7 Å². The van der Waals surface area contributed by atoms with Crippen LogP contribution in [0.4, 0.5) is 30.6 Å². The van der Waals surface area contributed by atoms with E-state index in [2.05, 4.69) is 32.5 Å². The second kappa shape index (κ2) is 9.02. The molecular formula is C20H21F3N6O2. The van der Waals surface area contributed by atoms with Crippen molar-refractivity contribution < 1.29 is 22.8 Å². The minimum Gasteiger partial charge on any atom is -0.372 e. The predicted octanol–water partition coefficient (Wildman–Crippen LogP) is 2.99. The molecule has 1 aromatic heterocycles. The molecule has 0 saturated carbocycles. The smallest absolute Gasteiger partial charge is 0.372 e. The molecule has 0 unspecified atom stereocenters. The van der Waals surface area contributed by atoms with Gasteiger partial charge in [-0.1, -0.05) is 6.58 Å². The molecule has 1 aliphatic rings.